The van der Waals surface area contributed by atoms with Crippen molar-refractivity contribution < 1.29 is 19.2 Å². The van der Waals surface area contributed by atoms with Gasteiger partial charge in [-0.2, -0.15) is 0 Å². The Hall–Kier alpha value is -1.65. The standard InChI is InChI=1S/C13H9ClFIN4O2/c14-10-11-17-3-4-19(11)6-20(13(21)22)12(10)18-9-2-1-7(16)5-8(9)15/h1-5,17H,6H2,(H,21,22)/p+1. The monoisotopic (exact) mass is 435 g/mol. The van der Waals surface area contributed by atoms with E-state index in [1.54, 1.807) is 18.5 Å². The largest absolute Gasteiger partial charge is 0.464 e. The van der Waals surface area contributed by atoms with Gasteiger partial charge < -0.3 is 10.4 Å². The van der Waals surface area contributed by atoms with Crippen LogP contribution in [0.1, 0.15) is 0 Å². The Morgan fingerprint density at radius 3 is 3.00 bits per heavy atom. The number of fused-ring (bicyclic) bond motifs is 1. The molecule has 1 amide bonds. The average molecular weight is 436 g/mol. The maximum absolute atomic E-state index is 14.0. The van der Waals surface area contributed by atoms with Crippen LogP contribution in [0.25, 0.3) is 0 Å². The molecular weight excluding hydrogens is 426 g/mol. The van der Waals surface area contributed by atoms with Crippen molar-refractivity contribution in [1.82, 2.24) is 10.2 Å². The predicted octanol–water partition coefficient (Wildman–Crippen LogP) is 1.78. The zero-order valence-electron chi connectivity index (χ0n) is 11.0. The second kappa shape index (κ2) is 5.86. The zero-order valence-corrected chi connectivity index (χ0v) is 13.9. The summed E-state index contributed by atoms with van der Waals surface area (Å²) in [5.41, 5.74) is 0.0369. The molecule has 9 heteroatoms. The van der Waals surface area contributed by atoms with Gasteiger partial charge >= 0.3 is 6.09 Å². The van der Waals surface area contributed by atoms with Crippen LogP contribution in [0.5, 0.6) is 0 Å². The number of aliphatic imine (C=N–C) groups is 1. The SMILES string of the molecule is O=C(O)N1C[NH+]2C=CNC2=C(Cl)C1=Nc1ccc(I)cc1F. The highest BCUT2D eigenvalue weighted by Gasteiger charge is 2.38. The van der Waals surface area contributed by atoms with E-state index < -0.39 is 11.9 Å². The van der Waals surface area contributed by atoms with Crippen molar-refractivity contribution in [3.8, 4) is 0 Å². The minimum atomic E-state index is -1.20. The number of quaternary nitrogens is 1. The van der Waals surface area contributed by atoms with E-state index in [0.717, 1.165) is 13.4 Å². The van der Waals surface area contributed by atoms with Crippen molar-refractivity contribution >= 4 is 51.8 Å². The molecule has 0 fully saturated rings. The summed E-state index contributed by atoms with van der Waals surface area (Å²) < 4.78 is 14.7. The number of halogens is 3. The lowest BCUT2D eigenvalue weighted by Gasteiger charge is -2.28. The number of amides is 1. The predicted molar refractivity (Wildman–Crippen MR) is 87.1 cm³/mol. The van der Waals surface area contributed by atoms with Gasteiger partial charge in [-0.3, -0.25) is 0 Å². The number of amidine groups is 1. The molecule has 0 saturated carbocycles. The molecule has 1 aromatic carbocycles. The Morgan fingerprint density at radius 2 is 2.32 bits per heavy atom. The van der Waals surface area contributed by atoms with Gasteiger partial charge in [0.1, 0.15) is 17.7 Å². The van der Waals surface area contributed by atoms with Crippen LogP contribution in [0.15, 0.2) is 46.4 Å². The third-order valence-corrected chi connectivity index (χ3v) is 4.23. The van der Waals surface area contributed by atoms with Crippen LogP contribution in [-0.2, 0) is 0 Å². The minimum Gasteiger partial charge on any atom is -0.464 e. The zero-order chi connectivity index (χ0) is 15.9. The van der Waals surface area contributed by atoms with Crippen LogP contribution in [0.3, 0.4) is 0 Å². The number of nitrogens with one attached hydrogen (secondary N) is 2. The third kappa shape index (κ3) is 2.69. The molecule has 22 heavy (non-hydrogen) atoms. The van der Waals surface area contributed by atoms with E-state index in [4.69, 9.17) is 11.6 Å². The summed E-state index contributed by atoms with van der Waals surface area (Å²) in [5.74, 6) is 0.0690. The fourth-order valence-corrected chi connectivity index (χ4v) is 2.94. The van der Waals surface area contributed by atoms with Crippen LogP contribution in [0, 0.1) is 9.39 Å². The van der Waals surface area contributed by atoms with E-state index in [1.165, 1.54) is 12.1 Å². The fourth-order valence-electron chi connectivity index (χ4n) is 2.17. The number of hydrogen-bond acceptors (Lipinski definition) is 3. The van der Waals surface area contributed by atoms with Gasteiger partial charge in [0.2, 0.25) is 5.82 Å². The average Bonchev–Trinajstić information content (AvgIpc) is 2.92. The summed E-state index contributed by atoms with van der Waals surface area (Å²) in [4.78, 5) is 17.3. The Bertz CT molecular complexity index is 750. The van der Waals surface area contributed by atoms with E-state index in [2.05, 4.69) is 10.3 Å². The van der Waals surface area contributed by atoms with E-state index in [0.29, 0.717) is 5.82 Å². The van der Waals surface area contributed by atoms with Gasteiger partial charge in [-0.1, -0.05) is 11.6 Å². The van der Waals surface area contributed by atoms with Gasteiger partial charge in [0.05, 0.1) is 6.20 Å². The summed E-state index contributed by atoms with van der Waals surface area (Å²) >= 11 is 8.23. The number of carbonyl (C=O) groups is 1. The van der Waals surface area contributed by atoms with Crippen LogP contribution in [0.2, 0.25) is 0 Å². The minimum absolute atomic E-state index is 0.00391. The molecule has 1 atom stereocenters. The van der Waals surface area contributed by atoms with E-state index in [9.17, 15) is 14.3 Å². The van der Waals surface area contributed by atoms with Crippen LogP contribution >= 0.6 is 34.2 Å². The normalized spacial score (nSPS) is 22.0. The maximum atomic E-state index is 14.0. The Morgan fingerprint density at radius 1 is 1.55 bits per heavy atom. The summed E-state index contributed by atoms with van der Waals surface area (Å²) in [6, 6.07) is 4.49. The quantitative estimate of drug-likeness (QED) is 0.589. The molecule has 6 nitrogen and oxygen atoms in total. The van der Waals surface area contributed by atoms with E-state index >= 15 is 0 Å². The van der Waals surface area contributed by atoms with Gasteiger partial charge in [-0.15, -0.1) is 0 Å². The first kappa shape index (κ1) is 15.3. The molecule has 2 heterocycles. The Balaban J connectivity index is 2.10. The summed E-state index contributed by atoms with van der Waals surface area (Å²) in [6.07, 6.45) is 2.21. The van der Waals surface area contributed by atoms with Crippen LogP contribution in [-0.4, -0.2) is 28.6 Å². The summed E-state index contributed by atoms with van der Waals surface area (Å²) in [7, 11) is 0. The lowest BCUT2D eigenvalue weighted by Crippen LogP contribution is -3.08. The number of hydrogen-bond donors (Lipinski definition) is 3. The molecule has 3 rings (SSSR count). The molecule has 2 aliphatic heterocycles. The molecule has 1 unspecified atom stereocenters. The second-order valence-electron chi connectivity index (χ2n) is 4.59. The van der Waals surface area contributed by atoms with Gasteiger partial charge in [0.25, 0.3) is 0 Å². The molecule has 0 radical (unpaired) electrons. The van der Waals surface area contributed by atoms with Gasteiger partial charge in [-0.05, 0) is 40.8 Å². The molecule has 0 aliphatic carbocycles. The summed E-state index contributed by atoms with van der Waals surface area (Å²) in [6.45, 7) is 0.106. The first-order valence-electron chi connectivity index (χ1n) is 6.21. The maximum Gasteiger partial charge on any atom is 0.417 e. The molecule has 3 N–H and O–H groups in total. The van der Waals surface area contributed by atoms with E-state index in [1.807, 2.05) is 22.6 Å². The van der Waals surface area contributed by atoms with Gasteiger partial charge in [0, 0.05) is 3.57 Å². The third-order valence-electron chi connectivity index (χ3n) is 3.20. The van der Waals surface area contributed by atoms with Crippen molar-refractivity contribution in [2.75, 3.05) is 6.67 Å². The molecule has 0 saturated heterocycles. The Kier molecular flexibility index (Phi) is 4.06. The number of carboxylic acid groups (broad SMARTS) is 1. The highest BCUT2D eigenvalue weighted by molar-refractivity contribution is 14.1. The second-order valence-corrected chi connectivity index (χ2v) is 6.22. The van der Waals surface area contributed by atoms with Crippen molar-refractivity contribution in [3.05, 3.63) is 50.8 Å². The fraction of sp³-hybridized carbons (Fsp3) is 0.0769. The molecular formula is C13H10ClFIN4O2+. The van der Waals surface area contributed by atoms with Gasteiger partial charge in [0.15, 0.2) is 17.5 Å². The van der Waals surface area contributed by atoms with Crippen LogP contribution < -0.4 is 10.2 Å². The number of rotatable bonds is 1. The van der Waals surface area contributed by atoms with Crippen LogP contribution in [0.4, 0.5) is 14.9 Å². The molecule has 0 spiro atoms. The Labute approximate surface area is 143 Å². The molecule has 0 bridgehead atoms. The molecule has 0 aromatic heterocycles. The van der Waals surface area contributed by atoms with Gasteiger partial charge in [-0.25, -0.2) is 24.0 Å². The molecule has 1 aromatic rings. The molecule has 114 valence electrons. The summed E-state index contributed by atoms with van der Waals surface area (Å²) in [5, 5.41) is 12.4. The van der Waals surface area contributed by atoms with Crippen molar-refractivity contribution in [2.45, 2.75) is 0 Å². The lowest BCUT2D eigenvalue weighted by molar-refractivity contribution is -0.813. The topological polar surface area (TPSA) is 69.4 Å². The number of benzene rings is 1. The number of nitrogens with zero attached hydrogens (tertiary/aromatic N) is 2. The van der Waals surface area contributed by atoms with Crippen molar-refractivity contribution in [2.24, 2.45) is 4.99 Å². The first-order valence-corrected chi connectivity index (χ1v) is 7.66. The van der Waals surface area contributed by atoms with E-state index in [-0.39, 0.29) is 23.2 Å². The highest BCUT2D eigenvalue weighted by Crippen LogP contribution is 2.24. The first-order chi connectivity index (χ1) is 10.5. The smallest absolute Gasteiger partial charge is 0.417 e. The van der Waals surface area contributed by atoms with Crippen molar-refractivity contribution in [1.29, 1.82) is 0 Å². The molecule has 2 aliphatic rings. The van der Waals surface area contributed by atoms with Crippen molar-refractivity contribution in [3.63, 3.8) is 0 Å². The highest BCUT2D eigenvalue weighted by atomic mass is 127. The lowest BCUT2D eigenvalue weighted by atomic mass is 10.3.